The van der Waals surface area contributed by atoms with Gasteiger partial charge in [0.15, 0.2) is 6.10 Å². The van der Waals surface area contributed by atoms with Crippen LogP contribution >= 0.6 is 0 Å². The third-order valence-corrected chi connectivity index (χ3v) is 9.30. The number of unbranched alkanes of at least 4 members (excludes halogenated alkanes) is 12. The fraction of sp³-hybridized carbons (Fsp3) is 0.623. The first-order valence-electron chi connectivity index (χ1n) is 23.4. The molecule has 0 spiro atoms. The van der Waals surface area contributed by atoms with Crippen molar-refractivity contribution in [2.45, 2.75) is 194 Å². The highest BCUT2D eigenvalue weighted by molar-refractivity contribution is 5.70. The van der Waals surface area contributed by atoms with E-state index in [9.17, 15) is 9.59 Å². The lowest BCUT2D eigenvalue weighted by molar-refractivity contribution is -0.163. The van der Waals surface area contributed by atoms with Crippen molar-refractivity contribution in [3.63, 3.8) is 0 Å². The molecule has 5 nitrogen and oxygen atoms in total. The Balaban J connectivity index is 4.36. The SMILES string of the molecule is CC/C=C\C/C=C\C/C=C\C/C=C\C/C=C\CCCCCC(=O)OCC(COCCC/C=C\C/C=C\C/C=C\C/C=C\CC)OC(=O)CCCCCCCCCCC. The highest BCUT2D eigenvalue weighted by atomic mass is 16.6. The minimum absolute atomic E-state index is 0.0409. The largest absolute Gasteiger partial charge is 0.462 e. The first kappa shape index (κ1) is 54.6. The molecule has 1 atom stereocenters. The van der Waals surface area contributed by atoms with Gasteiger partial charge in [0.05, 0.1) is 6.61 Å². The Morgan fingerprint density at radius 1 is 0.397 bits per heavy atom. The maximum atomic E-state index is 12.7. The average molecular weight is 803 g/mol. The molecule has 0 rings (SSSR count). The third kappa shape index (κ3) is 45.3. The third-order valence-electron chi connectivity index (χ3n) is 9.30. The second kappa shape index (κ2) is 47.9. The number of hydrogen-bond donors (Lipinski definition) is 0. The molecule has 0 heterocycles. The molecular formula is C53H86O5. The zero-order valence-corrected chi connectivity index (χ0v) is 37.5. The molecule has 0 saturated heterocycles. The highest BCUT2D eigenvalue weighted by Crippen LogP contribution is 2.12. The standard InChI is InChI=1S/C53H86O5/c1-4-7-10-13-16-19-21-23-25-26-27-28-29-30-32-35-37-40-43-46-52(54)57-50-51(58-53(55)47-44-41-38-34-18-15-12-9-6-3)49-56-48-45-42-39-36-33-31-24-22-20-17-14-11-8-5-2/h7-8,10-11,16-17,19-20,23-25,27-28,30-32,36,39,51H,4-6,9,12-15,18,21-22,26,29,33-35,37-38,40-50H2,1-3H3/b10-7-,11-8-,19-16-,20-17-,25-23-,28-27-,31-24-,32-30-,39-36-. The quantitative estimate of drug-likeness (QED) is 0.0350. The van der Waals surface area contributed by atoms with Gasteiger partial charge in [-0.15, -0.1) is 0 Å². The average Bonchev–Trinajstić information content (AvgIpc) is 3.22. The molecule has 0 fully saturated rings. The van der Waals surface area contributed by atoms with Crippen molar-refractivity contribution in [2.24, 2.45) is 0 Å². The van der Waals surface area contributed by atoms with E-state index in [0.717, 1.165) is 116 Å². The van der Waals surface area contributed by atoms with Crippen molar-refractivity contribution in [3.05, 3.63) is 109 Å². The van der Waals surface area contributed by atoms with E-state index in [1.807, 2.05) is 0 Å². The maximum absolute atomic E-state index is 12.7. The van der Waals surface area contributed by atoms with E-state index in [2.05, 4.69) is 130 Å². The normalized spacial score (nSPS) is 13.2. The van der Waals surface area contributed by atoms with E-state index in [-0.39, 0.29) is 25.2 Å². The number of allylic oxidation sites excluding steroid dienone is 18. The Kier molecular flexibility index (Phi) is 45.1. The zero-order valence-electron chi connectivity index (χ0n) is 37.5. The van der Waals surface area contributed by atoms with Crippen LogP contribution in [0.3, 0.4) is 0 Å². The Morgan fingerprint density at radius 2 is 0.776 bits per heavy atom. The summed E-state index contributed by atoms with van der Waals surface area (Å²) in [6.07, 6.45) is 65.3. The molecule has 1 unspecified atom stereocenters. The van der Waals surface area contributed by atoms with Gasteiger partial charge in [-0.3, -0.25) is 9.59 Å². The van der Waals surface area contributed by atoms with Crippen molar-refractivity contribution in [2.75, 3.05) is 19.8 Å². The number of carbonyl (C=O) groups excluding carboxylic acids is 2. The van der Waals surface area contributed by atoms with Gasteiger partial charge in [0.2, 0.25) is 0 Å². The van der Waals surface area contributed by atoms with Crippen LogP contribution in [0.5, 0.6) is 0 Å². The molecule has 0 amide bonds. The number of hydrogen-bond acceptors (Lipinski definition) is 5. The summed E-state index contributed by atoms with van der Waals surface area (Å²) in [6.45, 7) is 7.39. The summed E-state index contributed by atoms with van der Waals surface area (Å²) in [4.78, 5) is 25.2. The van der Waals surface area contributed by atoms with Crippen LogP contribution in [0.2, 0.25) is 0 Å². The molecule has 0 radical (unpaired) electrons. The molecule has 0 bridgehead atoms. The van der Waals surface area contributed by atoms with Gasteiger partial charge in [-0.25, -0.2) is 0 Å². The van der Waals surface area contributed by atoms with Crippen LogP contribution in [-0.2, 0) is 23.8 Å². The van der Waals surface area contributed by atoms with Gasteiger partial charge >= 0.3 is 11.9 Å². The van der Waals surface area contributed by atoms with Crippen molar-refractivity contribution in [1.82, 2.24) is 0 Å². The molecule has 5 heteroatoms. The van der Waals surface area contributed by atoms with Crippen molar-refractivity contribution in [3.8, 4) is 0 Å². The summed E-state index contributed by atoms with van der Waals surface area (Å²) in [5.74, 6) is -0.475. The number of rotatable bonds is 41. The molecule has 0 aromatic carbocycles. The summed E-state index contributed by atoms with van der Waals surface area (Å²) in [5.41, 5.74) is 0. The predicted molar refractivity (Wildman–Crippen MR) is 251 cm³/mol. The lowest BCUT2D eigenvalue weighted by Gasteiger charge is -2.18. The molecule has 0 aliphatic rings. The molecule has 0 N–H and O–H groups in total. The van der Waals surface area contributed by atoms with E-state index in [4.69, 9.17) is 14.2 Å². The Labute approximate surface area is 357 Å². The summed E-state index contributed by atoms with van der Waals surface area (Å²) >= 11 is 0. The van der Waals surface area contributed by atoms with Crippen molar-refractivity contribution < 1.29 is 23.8 Å². The van der Waals surface area contributed by atoms with Crippen LogP contribution in [0.1, 0.15) is 188 Å². The Hall–Kier alpha value is -3.44. The molecule has 0 aliphatic carbocycles. The predicted octanol–water partition coefficient (Wildman–Crippen LogP) is 15.7. The molecular weight excluding hydrogens is 717 g/mol. The molecule has 0 saturated carbocycles. The van der Waals surface area contributed by atoms with Gasteiger partial charge in [-0.05, 0) is 96.3 Å². The second-order valence-corrected chi connectivity index (χ2v) is 14.9. The van der Waals surface area contributed by atoms with Gasteiger partial charge in [-0.1, -0.05) is 188 Å². The van der Waals surface area contributed by atoms with E-state index in [0.29, 0.717) is 19.4 Å². The van der Waals surface area contributed by atoms with Crippen molar-refractivity contribution in [1.29, 1.82) is 0 Å². The second-order valence-electron chi connectivity index (χ2n) is 14.9. The summed E-state index contributed by atoms with van der Waals surface area (Å²) in [7, 11) is 0. The van der Waals surface area contributed by atoms with E-state index in [1.165, 1.54) is 38.5 Å². The molecule has 58 heavy (non-hydrogen) atoms. The van der Waals surface area contributed by atoms with Gasteiger partial charge in [-0.2, -0.15) is 0 Å². The zero-order chi connectivity index (χ0) is 42.1. The summed E-state index contributed by atoms with van der Waals surface area (Å²) in [6, 6.07) is 0. The first-order chi connectivity index (χ1) is 28.6. The van der Waals surface area contributed by atoms with Crippen LogP contribution in [0.4, 0.5) is 0 Å². The van der Waals surface area contributed by atoms with E-state index >= 15 is 0 Å². The monoisotopic (exact) mass is 803 g/mol. The van der Waals surface area contributed by atoms with Gasteiger partial charge < -0.3 is 14.2 Å². The Morgan fingerprint density at radius 3 is 1.24 bits per heavy atom. The highest BCUT2D eigenvalue weighted by Gasteiger charge is 2.17. The van der Waals surface area contributed by atoms with E-state index in [1.54, 1.807) is 0 Å². The first-order valence-corrected chi connectivity index (χ1v) is 23.4. The van der Waals surface area contributed by atoms with Gasteiger partial charge in [0.25, 0.3) is 0 Å². The van der Waals surface area contributed by atoms with Crippen molar-refractivity contribution >= 4 is 11.9 Å². The smallest absolute Gasteiger partial charge is 0.306 e. The topological polar surface area (TPSA) is 61.8 Å². The molecule has 328 valence electrons. The van der Waals surface area contributed by atoms with Gasteiger partial charge in [0, 0.05) is 19.4 Å². The number of esters is 2. The lowest BCUT2D eigenvalue weighted by atomic mass is 10.1. The van der Waals surface area contributed by atoms with Crippen LogP contribution < -0.4 is 0 Å². The van der Waals surface area contributed by atoms with Gasteiger partial charge in [0.1, 0.15) is 6.61 Å². The van der Waals surface area contributed by atoms with Crippen LogP contribution in [-0.4, -0.2) is 37.9 Å². The van der Waals surface area contributed by atoms with E-state index < -0.39 is 6.10 Å². The summed E-state index contributed by atoms with van der Waals surface area (Å²) in [5, 5.41) is 0. The Bertz CT molecular complexity index is 1180. The number of ether oxygens (including phenoxy) is 3. The minimum Gasteiger partial charge on any atom is -0.462 e. The fourth-order valence-corrected chi connectivity index (χ4v) is 5.89. The molecule has 0 aliphatic heterocycles. The lowest BCUT2D eigenvalue weighted by Crippen LogP contribution is -2.30. The fourth-order valence-electron chi connectivity index (χ4n) is 5.89. The molecule has 0 aromatic heterocycles. The number of carbonyl (C=O) groups is 2. The van der Waals surface area contributed by atoms with Crippen LogP contribution in [0.25, 0.3) is 0 Å². The minimum atomic E-state index is -0.581. The van der Waals surface area contributed by atoms with Crippen LogP contribution in [0.15, 0.2) is 109 Å². The summed E-state index contributed by atoms with van der Waals surface area (Å²) < 4.78 is 17.2. The molecule has 0 aromatic rings. The van der Waals surface area contributed by atoms with Crippen LogP contribution in [0, 0.1) is 0 Å². The maximum Gasteiger partial charge on any atom is 0.306 e.